The first-order valence-corrected chi connectivity index (χ1v) is 16.7. The fourth-order valence-electron chi connectivity index (χ4n) is 8.16. The molecular weight excluding hydrogens is 559 g/mol. The summed E-state index contributed by atoms with van der Waals surface area (Å²) in [4.78, 5) is 0. The van der Waals surface area contributed by atoms with E-state index in [0.29, 0.717) is 0 Å². The Kier molecular flexibility index (Phi) is 6.95. The molecule has 1 nitrogen and oxygen atoms in total. The summed E-state index contributed by atoms with van der Waals surface area (Å²) in [5.74, 6) is 0. The Labute approximate surface area is 283 Å². The van der Waals surface area contributed by atoms with Gasteiger partial charge in [-0.25, -0.2) is 0 Å². The van der Waals surface area contributed by atoms with Crippen molar-refractivity contribution in [1.29, 1.82) is 0 Å². The van der Waals surface area contributed by atoms with Gasteiger partial charge in [0.25, 0.3) is 0 Å². The van der Waals surface area contributed by atoms with Crippen LogP contribution in [0.5, 0.6) is 0 Å². The molecule has 0 N–H and O–H groups in total. The third-order valence-corrected chi connectivity index (χ3v) is 11.3. The minimum atomic E-state index is 0.923. The quantitative estimate of drug-likeness (QED) is 0.158. The van der Waals surface area contributed by atoms with E-state index in [-0.39, 0.29) is 0 Å². The SMILES string of the molecule is Bc1c(B)c(B)c2c(-c3cccc(-c4cccc5oc6ccccc6c45)c3)c3c(B)c(B)c(B)c(B)c3c(-c3ccccc3)c2c1B. The number of benzene rings is 7. The highest BCUT2D eigenvalue weighted by Gasteiger charge is 2.25. The Hall–Kier alpha value is -4.62. The van der Waals surface area contributed by atoms with Gasteiger partial charge in [-0.2, -0.15) is 0 Å². The highest BCUT2D eigenvalue weighted by atomic mass is 16.3. The molecule has 0 aliphatic carbocycles. The van der Waals surface area contributed by atoms with Crippen LogP contribution in [-0.2, 0) is 0 Å². The Morgan fingerprint density at radius 2 is 0.787 bits per heavy atom. The van der Waals surface area contributed by atoms with Gasteiger partial charge in [0.05, 0.1) is 0 Å². The zero-order chi connectivity index (χ0) is 32.7. The Morgan fingerprint density at radius 3 is 1.38 bits per heavy atom. The second kappa shape index (κ2) is 11.0. The Balaban J connectivity index is 1.58. The zero-order valence-corrected chi connectivity index (χ0v) is 28.6. The van der Waals surface area contributed by atoms with E-state index in [4.69, 9.17) is 4.42 Å². The molecule has 9 heteroatoms. The van der Waals surface area contributed by atoms with Gasteiger partial charge in [-0.05, 0) is 73.1 Å². The lowest BCUT2D eigenvalue weighted by molar-refractivity contribution is 0.669. The van der Waals surface area contributed by atoms with E-state index in [9.17, 15) is 0 Å². The van der Waals surface area contributed by atoms with Gasteiger partial charge < -0.3 is 4.42 Å². The van der Waals surface area contributed by atoms with Gasteiger partial charge in [-0.3, -0.25) is 0 Å². The molecule has 0 amide bonds. The summed E-state index contributed by atoms with van der Waals surface area (Å²) < 4.78 is 6.31. The number of hydrogen-bond acceptors (Lipinski definition) is 1. The lowest BCUT2D eigenvalue weighted by atomic mass is 9.59. The standard InChI is InChI=1S/C38H32B8O/c39-31-27-24(17-8-2-1-3-9-17)28-30(34(42)38(46)36(44)32(28)40)25(29(27)33(41)37(45)35(31)43)19-11-6-10-18(16-19)20-13-7-15-23-26(20)21-12-4-5-14-22(21)47-23/h1-16H,39-46H2. The van der Waals surface area contributed by atoms with Gasteiger partial charge >= 0.3 is 0 Å². The maximum absolute atomic E-state index is 6.31. The van der Waals surface area contributed by atoms with E-state index in [2.05, 4.69) is 154 Å². The first-order valence-electron chi connectivity index (χ1n) is 16.7. The molecule has 214 valence electrons. The number of fused-ring (bicyclic) bond motifs is 5. The van der Waals surface area contributed by atoms with Crippen molar-refractivity contribution < 1.29 is 4.42 Å². The molecule has 7 aromatic carbocycles. The van der Waals surface area contributed by atoms with Crippen LogP contribution in [0.2, 0.25) is 0 Å². The second-order valence-corrected chi connectivity index (χ2v) is 13.5. The van der Waals surface area contributed by atoms with Crippen LogP contribution < -0.4 is 43.7 Å². The van der Waals surface area contributed by atoms with Crippen LogP contribution in [0.15, 0.2) is 101 Å². The van der Waals surface area contributed by atoms with Crippen molar-refractivity contribution in [1.82, 2.24) is 0 Å². The molecule has 1 aromatic heterocycles. The van der Waals surface area contributed by atoms with E-state index in [1.54, 1.807) is 0 Å². The predicted octanol–water partition coefficient (Wildman–Crippen LogP) is -3.04. The highest BCUT2D eigenvalue weighted by molar-refractivity contribution is 6.71. The minimum Gasteiger partial charge on any atom is -0.456 e. The van der Waals surface area contributed by atoms with E-state index in [1.165, 1.54) is 104 Å². The summed E-state index contributed by atoms with van der Waals surface area (Å²) in [6, 6.07) is 35.1. The van der Waals surface area contributed by atoms with Crippen molar-refractivity contribution >= 4 is 150 Å². The van der Waals surface area contributed by atoms with Gasteiger partial charge in [0, 0.05) is 10.8 Å². The van der Waals surface area contributed by atoms with E-state index in [1.807, 2.05) is 6.07 Å². The molecule has 0 aliphatic rings. The van der Waals surface area contributed by atoms with E-state index in [0.717, 1.165) is 16.6 Å². The minimum absolute atomic E-state index is 0.923. The van der Waals surface area contributed by atoms with Gasteiger partial charge in [0.1, 0.15) is 73.9 Å². The summed E-state index contributed by atoms with van der Waals surface area (Å²) in [7, 11) is 18.5. The van der Waals surface area contributed by atoms with Crippen LogP contribution in [0.4, 0.5) is 0 Å². The van der Waals surface area contributed by atoms with E-state index >= 15 is 0 Å². The lowest BCUT2D eigenvalue weighted by Gasteiger charge is -2.28. The zero-order valence-electron chi connectivity index (χ0n) is 28.6. The fourth-order valence-corrected chi connectivity index (χ4v) is 8.16. The summed E-state index contributed by atoms with van der Waals surface area (Å²) in [6.45, 7) is 0. The maximum atomic E-state index is 6.31. The molecule has 47 heavy (non-hydrogen) atoms. The van der Waals surface area contributed by atoms with Crippen molar-refractivity contribution in [3.8, 4) is 33.4 Å². The molecule has 0 saturated heterocycles. The molecule has 0 saturated carbocycles. The first kappa shape index (κ1) is 29.8. The molecule has 8 aromatic rings. The average Bonchev–Trinajstić information content (AvgIpc) is 3.49. The number of rotatable bonds is 3. The third kappa shape index (κ3) is 4.28. The van der Waals surface area contributed by atoms with Gasteiger partial charge in [-0.15, -0.1) is 21.9 Å². The Morgan fingerprint density at radius 1 is 0.340 bits per heavy atom. The summed E-state index contributed by atoms with van der Waals surface area (Å²) >= 11 is 0. The largest absolute Gasteiger partial charge is 0.456 e. The number of furan rings is 1. The molecule has 0 bridgehead atoms. The molecule has 0 spiro atoms. The van der Waals surface area contributed by atoms with Crippen LogP contribution in [0.1, 0.15) is 0 Å². The van der Waals surface area contributed by atoms with Gasteiger partial charge in [-0.1, -0.05) is 101 Å². The average molecular weight is 591 g/mol. The molecule has 8 rings (SSSR count). The smallest absolute Gasteiger partial charge is 0.139 e. The highest BCUT2D eigenvalue weighted by Crippen LogP contribution is 2.42. The molecule has 0 fully saturated rings. The lowest BCUT2D eigenvalue weighted by Crippen LogP contribution is -2.50. The first-order chi connectivity index (χ1) is 22.7. The van der Waals surface area contributed by atoms with Crippen LogP contribution in [0.25, 0.3) is 76.9 Å². The third-order valence-electron chi connectivity index (χ3n) is 11.3. The summed E-state index contributed by atoms with van der Waals surface area (Å²) in [5, 5.41) is 7.81. The normalized spacial score (nSPS) is 11.7. The predicted molar refractivity (Wildman–Crippen MR) is 230 cm³/mol. The van der Waals surface area contributed by atoms with Crippen LogP contribution in [0.3, 0.4) is 0 Å². The Bertz CT molecular complexity index is 2530. The van der Waals surface area contributed by atoms with Gasteiger partial charge in [0.15, 0.2) is 0 Å². The topological polar surface area (TPSA) is 13.1 Å². The van der Waals surface area contributed by atoms with Crippen LogP contribution in [0, 0.1) is 0 Å². The number of hydrogen-bond donors (Lipinski definition) is 0. The fraction of sp³-hybridized carbons (Fsp3) is 0. The molecule has 0 unspecified atom stereocenters. The van der Waals surface area contributed by atoms with Crippen molar-refractivity contribution in [2.75, 3.05) is 0 Å². The molecule has 0 radical (unpaired) electrons. The molecule has 0 aliphatic heterocycles. The number of para-hydroxylation sites is 1. The second-order valence-electron chi connectivity index (χ2n) is 13.5. The van der Waals surface area contributed by atoms with E-state index < -0.39 is 0 Å². The van der Waals surface area contributed by atoms with Crippen molar-refractivity contribution in [3.05, 3.63) is 97.1 Å². The van der Waals surface area contributed by atoms with Crippen molar-refractivity contribution in [3.63, 3.8) is 0 Å². The maximum Gasteiger partial charge on any atom is 0.139 e. The van der Waals surface area contributed by atoms with Crippen molar-refractivity contribution in [2.24, 2.45) is 0 Å². The summed E-state index contributed by atoms with van der Waals surface area (Å²) in [5.41, 5.74) is 20.4. The molecule has 0 atom stereocenters. The van der Waals surface area contributed by atoms with Crippen LogP contribution >= 0.6 is 0 Å². The monoisotopic (exact) mass is 592 g/mol. The molecule has 1 heterocycles. The molecular formula is C38H32B8O. The summed E-state index contributed by atoms with van der Waals surface area (Å²) in [6.07, 6.45) is 0. The van der Waals surface area contributed by atoms with Crippen molar-refractivity contribution in [2.45, 2.75) is 0 Å². The van der Waals surface area contributed by atoms with Crippen LogP contribution in [-0.4, -0.2) is 62.8 Å². The van der Waals surface area contributed by atoms with Gasteiger partial charge in [0.2, 0.25) is 0 Å².